The minimum absolute atomic E-state index is 0.350. The van der Waals surface area contributed by atoms with E-state index in [0.717, 1.165) is 18.0 Å². The van der Waals surface area contributed by atoms with E-state index in [1.54, 1.807) is 26.2 Å². The number of rotatable bonds is 5. The molecule has 0 heterocycles. The van der Waals surface area contributed by atoms with Gasteiger partial charge in [-0.15, -0.1) is 0 Å². The first-order valence-electron chi connectivity index (χ1n) is 7.64. The Labute approximate surface area is 128 Å². The second kappa shape index (κ2) is 6.90. The van der Waals surface area contributed by atoms with Crippen molar-refractivity contribution in [2.45, 2.75) is 50.1 Å². The molecule has 21 heavy (non-hydrogen) atoms. The van der Waals surface area contributed by atoms with Crippen LogP contribution in [-0.2, 0) is 16.6 Å². The molecule has 1 saturated carbocycles. The molecule has 1 aliphatic rings. The van der Waals surface area contributed by atoms with Crippen LogP contribution in [0.2, 0.25) is 0 Å². The standard InChI is InChI=1S/C16H26N2O2S/c1-13-5-4-6-15(11-13)17-12-14-7-9-16(10-8-14)21(19,20)18(2)3/h7-10,13,15,17H,4-6,11-12H2,1-3H3. The van der Waals surface area contributed by atoms with E-state index in [2.05, 4.69) is 12.2 Å². The summed E-state index contributed by atoms with van der Waals surface area (Å²) in [6, 6.07) is 7.77. The van der Waals surface area contributed by atoms with E-state index in [0.29, 0.717) is 10.9 Å². The zero-order valence-corrected chi connectivity index (χ0v) is 14.0. The van der Waals surface area contributed by atoms with Crippen LogP contribution in [0.5, 0.6) is 0 Å². The molecule has 0 aromatic heterocycles. The summed E-state index contributed by atoms with van der Waals surface area (Å²) < 4.78 is 25.2. The third-order valence-electron chi connectivity index (χ3n) is 4.23. The van der Waals surface area contributed by atoms with Crippen molar-refractivity contribution in [3.05, 3.63) is 29.8 Å². The Balaban J connectivity index is 1.94. The van der Waals surface area contributed by atoms with Crippen LogP contribution in [-0.4, -0.2) is 32.9 Å². The molecule has 5 heteroatoms. The molecule has 1 aromatic rings. The molecule has 0 spiro atoms. The van der Waals surface area contributed by atoms with Crippen molar-refractivity contribution in [2.24, 2.45) is 5.92 Å². The highest BCUT2D eigenvalue weighted by Crippen LogP contribution is 2.23. The van der Waals surface area contributed by atoms with Gasteiger partial charge in [0.15, 0.2) is 0 Å². The van der Waals surface area contributed by atoms with Crippen molar-refractivity contribution in [2.75, 3.05) is 14.1 Å². The summed E-state index contributed by atoms with van der Waals surface area (Å²) in [4.78, 5) is 0.350. The summed E-state index contributed by atoms with van der Waals surface area (Å²) in [5.41, 5.74) is 1.13. The molecule has 1 aliphatic carbocycles. The lowest BCUT2D eigenvalue weighted by Crippen LogP contribution is -2.33. The van der Waals surface area contributed by atoms with Crippen LogP contribution in [0, 0.1) is 5.92 Å². The highest BCUT2D eigenvalue weighted by atomic mass is 32.2. The van der Waals surface area contributed by atoms with Gasteiger partial charge in [-0.05, 0) is 36.5 Å². The maximum absolute atomic E-state index is 12.0. The van der Waals surface area contributed by atoms with Crippen LogP contribution in [0.25, 0.3) is 0 Å². The van der Waals surface area contributed by atoms with E-state index >= 15 is 0 Å². The normalized spacial score (nSPS) is 23.4. The molecule has 118 valence electrons. The van der Waals surface area contributed by atoms with Gasteiger partial charge in [-0.2, -0.15) is 0 Å². The van der Waals surface area contributed by atoms with Gasteiger partial charge in [-0.1, -0.05) is 31.9 Å². The monoisotopic (exact) mass is 310 g/mol. The van der Waals surface area contributed by atoms with Gasteiger partial charge in [0.05, 0.1) is 4.90 Å². The Morgan fingerprint density at radius 3 is 2.43 bits per heavy atom. The number of hydrogen-bond donors (Lipinski definition) is 1. The molecule has 0 radical (unpaired) electrons. The van der Waals surface area contributed by atoms with Crippen molar-refractivity contribution in [1.29, 1.82) is 0 Å². The predicted molar refractivity (Wildman–Crippen MR) is 85.6 cm³/mol. The molecule has 4 nitrogen and oxygen atoms in total. The third-order valence-corrected chi connectivity index (χ3v) is 6.06. The van der Waals surface area contributed by atoms with Gasteiger partial charge < -0.3 is 5.32 Å². The first kappa shape index (κ1) is 16.5. The lowest BCUT2D eigenvalue weighted by molar-refractivity contribution is 0.300. The van der Waals surface area contributed by atoms with Crippen molar-refractivity contribution < 1.29 is 8.42 Å². The average Bonchev–Trinajstić information content (AvgIpc) is 2.45. The summed E-state index contributed by atoms with van der Waals surface area (Å²) in [5.74, 6) is 0.809. The predicted octanol–water partition coefficient (Wildman–Crippen LogP) is 2.61. The van der Waals surface area contributed by atoms with Gasteiger partial charge in [0.2, 0.25) is 10.0 Å². The highest BCUT2D eigenvalue weighted by molar-refractivity contribution is 7.89. The summed E-state index contributed by atoms with van der Waals surface area (Å²) in [6.07, 6.45) is 5.14. The zero-order chi connectivity index (χ0) is 15.5. The minimum Gasteiger partial charge on any atom is -0.310 e. The van der Waals surface area contributed by atoms with Gasteiger partial charge in [0, 0.05) is 26.7 Å². The second-order valence-electron chi connectivity index (χ2n) is 6.28. The van der Waals surface area contributed by atoms with Crippen molar-refractivity contribution in [3.8, 4) is 0 Å². The van der Waals surface area contributed by atoms with Crippen LogP contribution in [0.15, 0.2) is 29.2 Å². The number of sulfonamides is 1. The molecule has 0 saturated heterocycles. The van der Waals surface area contributed by atoms with E-state index in [-0.39, 0.29) is 0 Å². The molecule has 2 rings (SSSR count). The minimum atomic E-state index is -3.32. The smallest absolute Gasteiger partial charge is 0.242 e. The molecule has 1 fully saturated rings. The molecule has 2 unspecified atom stereocenters. The summed E-state index contributed by atoms with van der Waals surface area (Å²) in [5, 5.41) is 3.59. The Kier molecular flexibility index (Phi) is 5.41. The quantitative estimate of drug-likeness (QED) is 0.909. The Bertz CT molecular complexity index is 552. The first-order chi connectivity index (χ1) is 9.89. The highest BCUT2D eigenvalue weighted by Gasteiger charge is 2.19. The number of benzene rings is 1. The van der Waals surface area contributed by atoms with Gasteiger partial charge in [0.25, 0.3) is 0 Å². The zero-order valence-electron chi connectivity index (χ0n) is 13.2. The van der Waals surface area contributed by atoms with Crippen LogP contribution in [0.1, 0.15) is 38.2 Å². The Hall–Kier alpha value is -0.910. The lowest BCUT2D eigenvalue weighted by atomic mass is 9.87. The SMILES string of the molecule is CC1CCCC(NCc2ccc(S(=O)(=O)N(C)C)cc2)C1. The molecule has 0 amide bonds. The molecular formula is C16H26N2O2S. The van der Waals surface area contributed by atoms with E-state index < -0.39 is 10.0 Å². The summed E-state index contributed by atoms with van der Waals surface area (Å²) >= 11 is 0. The molecule has 1 aromatic carbocycles. The third kappa shape index (κ3) is 4.28. The van der Waals surface area contributed by atoms with E-state index in [1.807, 2.05) is 12.1 Å². The van der Waals surface area contributed by atoms with Crippen LogP contribution in [0.3, 0.4) is 0 Å². The first-order valence-corrected chi connectivity index (χ1v) is 9.08. The Morgan fingerprint density at radius 2 is 1.86 bits per heavy atom. The van der Waals surface area contributed by atoms with E-state index in [1.165, 1.54) is 30.0 Å². The fraction of sp³-hybridized carbons (Fsp3) is 0.625. The van der Waals surface area contributed by atoms with Gasteiger partial charge in [0.1, 0.15) is 0 Å². The van der Waals surface area contributed by atoms with Crippen molar-refractivity contribution in [1.82, 2.24) is 9.62 Å². The summed E-state index contributed by atoms with van der Waals surface area (Å²) in [7, 11) is -0.222. The van der Waals surface area contributed by atoms with Gasteiger partial charge in [-0.25, -0.2) is 12.7 Å². The van der Waals surface area contributed by atoms with Crippen molar-refractivity contribution >= 4 is 10.0 Å². The van der Waals surface area contributed by atoms with Crippen molar-refractivity contribution in [3.63, 3.8) is 0 Å². The second-order valence-corrected chi connectivity index (χ2v) is 8.43. The summed E-state index contributed by atoms with van der Waals surface area (Å²) in [6.45, 7) is 3.12. The fourth-order valence-electron chi connectivity index (χ4n) is 2.87. The van der Waals surface area contributed by atoms with Crippen LogP contribution < -0.4 is 5.32 Å². The lowest BCUT2D eigenvalue weighted by Gasteiger charge is -2.27. The maximum atomic E-state index is 12.0. The van der Waals surface area contributed by atoms with Crippen LogP contribution >= 0.6 is 0 Å². The van der Waals surface area contributed by atoms with Gasteiger partial charge >= 0.3 is 0 Å². The molecule has 2 atom stereocenters. The van der Waals surface area contributed by atoms with E-state index in [4.69, 9.17) is 0 Å². The average molecular weight is 310 g/mol. The van der Waals surface area contributed by atoms with Crippen LogP contribution in [0.4, 0.5) is 0 Å². The fourth-order valence-corrected chi connectivity index (χ4v) is 3.77. The largest absolute Gasteiger partial charge is 0.310 e. The maximum Gasteiger partial charge on any atom is 0.242 e. The molecular weight excluding hydrogens is 284 g/mol. The number of hydrogen-bond acceptors (Lipinski definition) is 3. The topological polar surface area (TPSA) is 49.4 Å². The Morgan fingerprint density at radius 1 is 1.19 bits per heavy atom. The molecule has 0 bridgehead atoms. The van der Waals surface area contributed by atoms with Gasteiger partial charge in [-0.3, -0.25) is 0 Å². The number of nitrogens with zero attached hydrogens (tertiary/aromatic N) is 1. The number of nitrogens with one attached hydrogen (secondary N) is 1. The van der Waals surface area contributed by atoms with E-state index in [9.17, 15) is 8.42 Å². The molecule has 1 N–H and O–H groups in total. The molecule has 0 aliphatic heterocycles.